The van der Waals surface area contributed by atoms with Crippen molar-refractivity contribution in [3.05, 3.63) is 96.0 Å². The zero-order valence-electron chi connectivity index (χ0n) is 14.8. The van der Waals surface area contributed by atoms with Crippen molar-refractivity contribution >= 4 is 34.3 Å². The van der Waals surface area contributed by atoms with Gasteiger partial charge in [0.25, 0.3) is 0 Å². The lowest BCUT2D eigenvalue weighted by Crippen LogP contribution is -2.20. The molecule has 0 unspecified atom stereocenters. The van der Waals surface area contributed by atoms with Gasteiger partial charge < -0.3 is 9.32 Å². The van der Waals surface area contributed by atoms with E-state index in [0.717, 1.165) is 22.5 Å². The molecule has 0 radical (unpaired) electrons. The Balaban J connectivity index is 1.69. The van der Waals surface area contributed by atoms with Crippen molar-refractivity contribution in [2.24, 2.45) is 0 Å². The number of oxazole rings is 1. The smallest absolute Gasteiger partial charge is 0.222 e. The number of hydrogen-bond acceptors (Lipinski definition) is 4. The fourth-order valence-corrected chi connectivity index (χ4v) is 3.45. The minimum atomic E-state index is 0.557. The van der Waals surface area contributed by atoms with Gasteiger partial charge in [0.1, 0.15) is 0 Å². The Kier molecular flexibility index (Phi) is 3.61. The molecule has 4 nitrogen and oxygen atoms in total. The molecule has 2 aromatic carbocycles. The van der Waals surface area contributed by atoms with E-state index in [2.05, 4.69) is 76.5 Å². The van der Waals surface area contributed by atoms with Crippen LogP contribution in [0, 0.1) is 0 Å². The van der Waals surface area contributed by atoms with Crippen LogP contribution in [0.2, 0.25) is 0 Å². The van der Waals surface area contributed by atoms with Gasteiger partial charge in [-0.1, -0.05) is 48.5 Å². The Labute approximate surface area is 157 Å². The summed E-state index contributed by atoms with van der Waals surface area (Å²) < 4.78 is 5.86. The molecule has 0 saturated carbocycles. The summed E-state index contributed by atoms with van der Waals surface area (Å²) >= 11 is 0. The molecule has 0 saturated heterocycles. The highest BCUT2D eigenvalue weighted by atomic mass is 16.3. The van der Waals surface area contributed by atoms with Crippen molar-refractivity contribution in [1.82, 2.24) is 9.97 Å². The third-order valence-corrected chi connectivity index (χ3v) is 4.76. The van der Waals surface area contributed by atoms with Crippen molar-refractivity contribution in [3.8, 4) is 0 Å². The van der Waals surface area contributed by atoms with Crippen LogP contribution in [0.15, 0.2) is 83.4 Å². The maximum absolute atomic E-state index is 5.86. The van der Waals surface area contributed by atoms with Gasteiger partial charge in [-0.3, -0.25) is 0 Å². The van der Waals surface area contributed by atoms with Crippen LogP contribution >= 0.6 is 0 Å². The second-order valence-electron chi connectivity index (χ2n) is 6.45. The van der Waals surface area contributed by atoms with Crippen LogP contribution in [-0.2, 0) is 0 Å². The molecule has 0 amide bonds. The van der Waals surface area contributed by atoms with Gasteiger partial charge in [0, 0.05) is 36.3 Å². The molecule has 130 valence electrons. The minimum Gasteiger partial charge on any atom is -0.435 e. The first kappa shape index (κ1) is 15.6. The first-order chi connectivity index (χ1) is 13.3. The van der Waals surface area contributed by atoms with E-state index in [9.17, 15) is 0 Å². The summed E-state index contributed by atoms with van der Waals surface area (Å²) in [7, 11) is 2.10. The highest BCUT2D eigenvalue weighted by molar-refractivity contribution is 6.02. The summed E-state index contributed by atoms with van der Waals surface area (Å²) in [5.74, 6) is 0.557. The van der Waals surface area contributed by atoms with Gasteiger partial charge in [-0.2, -0.15) is 4.98 Å². The van der Waals surface area contributed by atoms with Crippen LogP contribution in [0.4, 0.5) is 5.69 Å². The Morgan fingerprint density at radius 2 is 1.74 bits per heavy atom. The second kappa shape index (κ2) is 6.25. The number of nitrogens with zero attached hydrogens (tertiary/aromatic N) is 3. The number of anilines is 1. The topological polar surface area (TPSA) is 42.2 Å². The molecule has 1 aliphatic rings. The van der Waals surface area contributed by atoms with Crippen molar-refractivity contribution in [1.29, 1.82) is 0 Å². The van der Waals surface area contributed by atoms with E-state index < -0.39 is 0 Å². The highest BCUT2D eigenvalue weighted by Gasteiger charge is 2.21. The van der Waals surface area contributed by atoms with Crippen molar-refractivity contribution < 1.29 is 4.42 Å². The van der Waals surface area contributed by atoms with Crippen LogP contribution < -0.4 is 4.90 Å². The average Bonchev–Trinajstić information content (AvgIpc) is 3.13. The van der Waals surface area contributed by atoms with Crippen LogP contribution in [-0.4, -0.2) is 17.0 Å². The highest BCUT2D eigenvalue weighted by Crippen LogP contribution is 2.39. The SMILES string of the molecule is CN1C(c2ccccc2)=C/C(=C\c2nc3ncccc3o2)c2ccccc21. The Bertz CT molecular complexity index is 1160. The number of pyridine rings is 1. The van der Waals surface area contributed by atoms with Gasteiger partial charge in [0.05, 0.1) is 0 Å². The standard InChI is InChI=1S/C23H17N3O/c1-26-19-11-6-5-10-18(19)17(14-20(26)16-8-3-2-4-9-16)15-22-25-23-21(27-22)12-7-13-24-23/h2-15H,1H3/b17-15+. The molecule has 1 aliphatic heterocycles. The fourth-order valence-electron chi connectivity index (χ4n) is 3.45. The van der Waals surface area contributed by atoms with Crippen LogP contribution in [0.5, 0.6) is 0 Å². The Morgan fingerprint density at radius 1 is 0.926 bits per heavy atom. The van der Waals surface area contributed by atoms with Gasteiger partial charge in [-0.25, -0.2) is 4.98 Å². The van der Waals surface area contributed by atoms with E-state index in [1.54, 1.807) is 6.20 Å². The molecule has 0 aliphatic carbocycles. The normalized spacial score (nSPS) is 15.1. The van der Waals surface area contributed by atoms with Gasteiger partial charge in [0.15, 0.2) is 11.2 Å². The quantitative estimate of drug-likeness (QED) is 0.494. The Hall–Kier alpha value is -3.66. The third kappa shape index (κ3) is 2.72. The monoisotopic (exact) mass is 351 g/mol. The number of para-hydroxylation sites is 1. The van der Waals surface area contributed by atoms with Gasteiger partial charge in [-0.05, 0) is 35.4 Å². The zero-order valence-corrected chi connectivity index (χ0v) is 14.8. The molecule has 0 atom stereocenters. The molecule has 27 heavy (non-hydrogen) atoms. The first-order valence-corrected chi connectivity index (χ1v) is 8.83. The van der Waals surface area contributed by atoms with E-state index in [1.807, 2.05) is 24.3 Å². The van der Waals surface area contributed by atoms with Crippen LogP contribution in [0.3, 0.4) is 0 Å². The third-order valence-electron chi connectivity index (χ3n) is 4.76. The predicted octanol–water partition coefficient (Wildman–Crippen LogP) is 5.25. The van der Waals surface area contributed by atoms with Crippen molar-refractivity contribution in [3.63, 3.8) is 0 Å². The zero-order chi connectivity index (χ0) is 18.2. The minimum absolute atomic E-state index is 0.557. The van der Waals surface area contributed by atoms with Crippen molar-refractivity contribution in [2.45, 2.75) is 0 Å². The number of allylic oxidation sites excluding steroid dienone is 2. The second-order valence-corrected chi connectivity index (χ2v) is 6.45. The summed E-state index contributed by atoms with van der Waals surface area (Å²) in [4.78, 5) is 11.0. The summed E-state index contributed by atoms with van der Waals surface area (Å²) in [6.07, 6.45) is 5.89. The molecule has 2 aromatic heterocycles. The maximum Gasteiger partial charge on any atom is 0.222 e. The summed E-state index contributed by atoms with van der Waals surface area (Å²) in [6.45, 7) is 0. The maximum atomic E-state index is 5.86. The lowest BCUT2D eigenvalue weighted by atomic mass is 9.95. The predicted molar refractivity (Wildman–Crippen MR) is 109 cm³/mol. The number of aromatic nitrogens is 2. The van der Waals surface area contributed by atoms with Gasteiger partial charge >= 0.3 is 0 Å². The number of benzene rings is 2. The van der Waals surface area contributed by atoms with Crippen molar-refractivity contribution in [2.75, 3.05) is 11.9 Å². The largest absolute Gasteiger partial charge is 0.435 e. The number of hydrogen-bond donors (Lipinski definition) is 0. The van der Waals surface area contributed by atoms with E-state index in [4.69, 9.17) is 4.42 Å². The summed E-state index contributed by atoms with van der Waals surface area (Å²) in [5.41, 5.74) is 6.98. The molecule has 0 bridgehead atoms. The molecule has 0 fully saturated rings. The van der Waals surface area contributed by atoms with E-state index in [0.29, 0.717) is 17.1 Å². The molecule has 4 aromatic rings. The molecule has 3 heterocycles. The summed E-state index contributed by atoms with van der Waals surface area (Å²) in [5, 5.41) is 0. The Morgan fingerprint density at radius 3 is 2.59 bits per heavy atom. The lowest BCUT2D eigenvalue weighted by Gasteiger charge is -2.30. The van der Waals surface area contributed by atoms with Gasteiger partial charge in [-0.15, -0.1) is 0 Å². The molecular weight excluding hydrogens is 334 g/mol. The molecule has 5 rings (SSSR count). The number of rotatable bonds is 2. The molecule has 0 spiro atoms. The first-order valence-electron chi connectivity index (χ1n) is 8.83. The lowest BCUT2D eigenvalue weighted by molar-refractivity contribution is 0.589. The molecule has 0 N–H and O–H groups in total. The summed E-state index contributed by atoms with van der Waals surface area (Å²) in [6, 6.07) is 22.5. The van der Waals surface area contributed by atoms with Gasteiger partial charge in [0.2, 0.25) is 5.89 Å². The van der Waals surface area contributed by atoms with Crippen LogP contribution in [0.1, 0.15) is 17.0 Å². The van der Waals surface area contributed by atoms with E-state index >= 15 is 0 Å². The van der Waals surface area contributed by atoms with E-state index in [1.165, 1.54) is 5.56 Å². The van der Waals surface area contributed by atoms with E-state index in [-0.39, 0.29) is 0 Å². The average molecular weight is 351 g/mol. The molecule has 4 heteroatoms. The van der Waals surface area contributed by atoms with Crippen LogP contribution in [0.25, 0.3) is 28.6 Å². The number of fused-ring (bicyclic) bond motifs is 2. The molecular formula is C23H17N3O. The fraction of sp³-hybridized carbons (Fsp3) is 0.0435.